The normalized spacial score (nSPS) is 16.8. The predicted octanol–water partition coefficient (Wildman–Crippen LogP) is 4.63. The molecule has 0 fully saturated rings. The average Bonchev–Trinajstić information content (AvgIpc) is 3.27. The first-order valence-corrected chi connectivity index (χ1v) is 9.93. The number of rotatable bonds is 2. The summed E-state index contributed by atoms with van der Waals surface area (Å²) in [5.74, 6) is 1.03. The molecule has 1 aromatic heterocycles. The number of carbonyl (C=O) groups excluding carboxylic acids is 1. The zero-order chi connectivity index (χ0) is 20.9. The van der Waals surface area contributed by atoms with E-state index in [1.54, 1.807) is 12.1 Å². The summed E-state index contributed by atoms with van der Waals surface area (Å²) in [7, 11) is 0. The summed E-state index contributed by atoms with van der Waals surface area (Å²) < 4.78 is 22.4. The molecule has 31 heavy (non-hydrogen) atoms. The molecule has 1 atom stereocenters. The van der Waals surface area contributed by atoms with Gasteiger partial charge in [-0.2, -0.15) is 0 Å². The standard InChI is InChI=1S/C25H16O6/c26-22-11-17(15-6-8-19-21(10-15)30-13-29-19)23-20(31-22)9-7-16-24(27)18(12-28-25(16)23)14-4-2-1-3-5-14/h1-10,12,17H,11,13H2/t17-/m0/s1. The highest BCUT2D eigenvalue weighted by Gasteiger charge is 2.33. The van der Waals surface area contributed by atoms with Crippen molar-refractivity contribution in [3.05, 3.63) is 88.3 Å². The minimum Gasteiger partial charge on any atom is -0.463 e. The van der Waals surface area contributed by atoms with Gasteiger partial charge in [-0.15, -0.1) is 0 Å². The van der Waals surface area contributed by atoms with E-state index >= 15 is 0 Å². The Kier molecular flexibility index (Phi) is 3.86. The Morgan fingerprint density at radius 1 is 0.839 bits per heavy atom. The molecule has 3 aromatic carbocycles. The Labute approximate surface area is 176 Å². The highest BCUT2D eigenvalue weighted by Crippen LogP contribution is 2.45. The van der Waals surface area contributed by atoms with Crippen LogP contribution in [0.4, 0.5) is 0 Å². The van der Waals surface area contributed by atoms with Gasteiger partial charge in [0.25, 0.3) is 0 Å². The van der Waals surface area contributed by atoms with Crippen molar-refractivity contribution in [2.75, 3.05) is 6.79 Å². The second-order valence-corrected chi connectivity index (χ2v) is 7.54. The third-order valence-corrected chi connectivity index (χ3v) is 5.77. The van der Waals surface area contributed by atoms with Gasteiger partial charge in [-0.25, -0.2) is 0 Å². The molecule has 0 saturated carbocycles. The van der Waals surface area contributed by atoms with Gasteiger partial charge >= 0.3 is 5.97 Å². The fourth-order valence-electron chi connectivity index (χ4n) is 4.29. The number of benzene rings is 3. The fourth-order valence-corrected chi connectivity index (χ4v) is 4.29. The van der Waals surface area contributed by atoms with Crippen LogP contribution in [0.1, 0.15) is 23.5 Å². The van der Waals surface area contributed by atoms with Crippen LogP contribution in [0.25, 0.3) is 22.1 Å². The zero-order valence-corrected chi connectivity index (χ0v) is 16.3. The van der Waals surface area contributed by atoms with Crippen molar-refractivity contribution in [3.8, 4) is 28.4 Å². The van der Waals surface area contributed by atoms with E-state index in [1.807, 2.05) is 48.5 Å². The molecule has 0 N–H and O–H groups in total. The van der Waals surface area contributed by atoms with Crippen molar-refractivity contribution in [1.82, 2.24) is 0 Å². The lowest BCUT2D eigenvalue weighted by atomic mass is 9.85. The monoisotopic (exact) mass is 412 g/mol. The molecule has 4 aromatic rings. The Morgan fingerprint density at radius 3 is 2.52 bits per heavy atom. The van der Waals surface area contributed by atoms with Gasteiger partial charge in [-0.05, 0) is 35.4 Å². The highest BCUT2D eigenvalue weighted by molar-refractivity contribution is 5.90. The number of hydrogen-bond acceptors (Lipinski definition) is 6. The van der Waals surface area contributed by atoms with Crippen LogP contribution >= 0.6 is 0 Å². The second kappa shape index (κ2) is 6.74. The molecule has 152 valence electrons. The molecule has 0 amide bonds. The maximum Gasteiger partial charge on any atom is 0.312 e. The van der Waals surface area contributed by atoms with Gasteiger partial charge in [-0.3, -0.25) is 9.59 Å². The molecule has 2 aliphatic heterocycles. The van der Waals surface area contributed by atoms with Crippen molar-refractivity contribution in [1.29, 1.82) is 0 Å². The molecule has 3 heterocycles. The molecule has 2 aliphatic rings. The molecule has 6 nitrogen and oxygen atoms in total. The van der Waals surface area contributed by atoms with Crippen LogP contribution < -0.4 is 19.6 Å². The minimum atomic E-state index is -0.335. The topological polar surface area (TPSA) is 75.0 Å². The lowest BCUT2D eigenvalue weighted by Gasteiger charge is -2.25. The van der Waals surface area contributed by atoms with E-state index < -0.39 is 0 Å². The van der Waals surface area contributed by atoms with Gasteiger partial charge in [0.2, 0.25) is 12.2 Å². The lowest BCUT2D eigenvalue weighted by Crippen LogP contribution is -2.22. The minimum absolute atomic E-state index is 0.128. The van der Waals surface area contributed by atoms with E-state index in [0.29, 0.717) is 39.3 Å². The Bertz CT molecular complexity index is 1400. The average molecular weight is 412 g/mol. The SMILES string of the molecule is O=C1C[C@@H](c2ccc3c(c2)OCO3)c2c(ccc3c(=O)c(-c4ccccc4)coc23)O1. The Morgan fingerprint density at radius 2 is 1.65 bits per heavy atom. The van der Waals surface area contributed by atoms with Crippen molar-refractivity contribution >= 4 is 16.9 Å². The number of fused-ring (bicyclic) bond motifs is 4. The van der Waals surface area contributed by atoms with E-state index in [4.69, 9.17) is 18.6 Å². The smallest absolute Gasteiger partial charge is 0.312 e. The lowest BCUT2D eigenvalue weighted by molar-refractivity contribution is -0.135. The van der Waals surface area contributed by atoms with Crippen molar-refractivity contribution in [3.63, 3.8) is 0 Å². The molecular formula is C25H16O6. The number of ether oxygens (including phenoxy) is 3. The van der Waals surface area contributed by atoms with Gasteiger partial charge in [0.05, 0.1) is 17.4 Å². The Balaban J connectivity index is 1.56. The second-order valence-electron chi connectivity index (χ2n) is 7.54. The first-order valence-electron chi connectivity index (χ1n) is 9.93. The summed E-state index contributed by atoms with van der Waals surface area (Å²) in [5, 5.41) is 0.448. The molecule has 0 spiro atoms. The third-order valence-electron chi connectivity index (χ3n) is 5.77. The predicted molar refractivity (Wildman–Crippen MR) is 113 cm³/mol. The Hall–Kier alpha value is -4.06. The van der Waals surface area contributed by atoms with E-state index in [-0.39, 0.29) is 30.5 Å². The van der Waals surface area contributed by atoms with Crippen molar-refractivity contribution in [2.45, 2.75) is 12.3 Å². The fraction of sp³-hybridized carbons (Fsp3) is 0.120. The van der Waals surface area contributed by atoms with E-state index in [9.17, 15) is 9.59 Å². The quantitative estimate of drug-likeness (QED) is 0.353. The number of carbonyl (C=O) groups is 1. The maximum atomic E-state index is 13.3. The molecule has 6 heteroatoms. The summed E-state index contributed by atoms with van der Waals surface area (Å²) in [6, 6.07) is 18.3. The molecule has 0 unspecified atom stereocenters. The van der Waals surface area contributed by atoms with Crippen LogP contribution in [0.2, 0.25) is 0 Å². The molecular weight excluding hydrogens is 396 g/mol. The van der Waals surface area contributed by atoms with Crippen LogP contribution in [0.5, 0.6) is 17.2 Å². The first-order chi connectivity index (χ1) is 15.2. The van der Waals surface area contributed by atoms with E-state index in [0.717, 1.165) is 11.1 Å². The van der Waals surface area contributed by atoms with Crippen LogP contribution in [-0.4, -0.2) is 12.8 Å². The molecule has 0 radical (unpaired) electrons. The van der Waals surface area contributed by atoms with Gasteiger partial charge in [-0.1, -0.05) is 36.4 Å². The van der Waals surface area contributed by atoms with Crippen molar-refractivity contribution < 1.29 is 23.4 Å². The highest BCUT2D eigenvalue weighted by atomic mass is 16.7. The van der Waals surface area contributed by atoms with Gasteiger partial charge in [0, 0.05) is 11.5 Å². The summed E-state index contributed by atoms with van der Waals surface area (Å²) in [5.41, 5.74) is 3.13. The van der Waals surface area contributed by atoms with Crippen LogP contribution in [-0.2, 0) is 4.79 Å². The summed E-state index contributed by atoms with van der Waals surface area (Å²) in [4.78, 5) is 25.6. The molecule has 6 rings (SSSR count). The van der Waals surface area contributed by atoms with Crippen LogP contribution in [0.3, 0.4) is 0 Å². The number of esters is 1. The zero-order valence-electron chi connectivity index (χ0n) is 16.3. The summed E-state index contributed by atoms with van der Waals surface area (Å²) >= 11 is 0. The maximum absolute atomic E-state index is 13.3. The molecule has 0 saturated heterocycles. The molecule has 0 bridgehead atoms. The first kappa shape index (κ1) is 17.8. The van der Waals surface area contributed by atoms with Crippen molar-refractivity contribution in [2.24, 2.45) is 0 Å². The largest absolute Gasteiger partial charge is 0.463 e. The van der Waals surface area contributed by atoms with Gasteiger partial charge in [0.1, 0.15) is 17.6 Å². The third kappa shape index (κ3) is 2.79. The van der Waals surface area contributed by atoms with E-state index in [2.05, 4.69) is 0 Å². The van der Waals surface area contributed by atoms with Gasteiger partial charge in [0.15, 0.2) is 11.5 Å². The van der Waals surface area contributed by atoms with Crippen LogP contribution in [0, 0.1) is 0 Å². The van der Waals surface area contributed by atoms with E-state index in [1.165, 1.54) is 6.26 Å². The summed E-state index contributed by atoms with van der Waals surface area (Å²) in [6.45, 7) is 0.169. The molecule has 0 aliphatic carbocycles. The summed E-state index contributed by atoms with van der Waals surface area (Å²) in [6.07, 6.45) is 1.61. The number of hydrogen-bond donors (Lipinski definition) is 0. The van der Waals surface area contributed by atoms with Crippen LogP contribution in [0.15, 0.2) is 76.1 Å². The van der Waals surface area contributed by atoms with Gasteiger partial charge < -0.3 is 18.6 Å².